The summed E-state index contributed by atoms with van der Waals surface area (Å²) in [5.41, 5.74) is 2.79. The summed E-state index contributed by atoms with van der Waals surface area (Å²) < 4.78 is 10.8. The Morgan fingerprint density at radius 3 is 2.65 bits per heavy atom. The number of phenolic OH excluding ortho intramolecular Hbond substituents is 1. The minimum Gasteiger partial charge on any atom is -0.508 e. The summed E-state index contributed by atoms with van der Waals surface area (Å²) in [7, 11) is 1.70. The number of aromatic hydroxyl groups is 1. The van der Waals surface area contributed by atoms with E-state index >= 15 is 0 Å². The third-order valence-electron chi connectivity index (χ3n) is 4.84. The van der Waals surface area contributed by atoms with Gasteiger partial charge >= 0.3 is 0 Å². The van der Waals surface area contributed by atoms with Gasteiger partial charge in [-0.05, 0) is 79.3 Å². The van der Waals surface area contributed by atoms with E-state index < -0.39 is 6.10 Å². The maximum Gasteiger partial charge on any atom is 0.119 e. The Kier molecular flexibility index (Phi) is 6.36. The number of nitrogens with one attached hydrogen (secondary N) is 1. The van der Waals surface area contributed by atoms with Crippen LogP contribution in [0.2, 0.25) is 0 Å². The molecule has 0 bridgehead atoms. The Labute approximate surface area is 154 Å². The van der Waals surface area contributed by atoms with Gasteiger partial charge in [0.25, 0.3) is 0 Å². The zero-order valence-corrected chi connectivity index (χ0v) is 15.1. The summed E-state index contributed by atoms with van der Waals surface area (Å²) in [5, 5.41) is 22.7. The molecule has 140 valence electrons. The van der Waals surface area contributed by atoms with E-state index in [0.29, 0.717) is 18.2 Å². The van der Waals surface area contributed by atoms with Crippen LogP contribution in [0.15, 0.2) is 42.5 Å². The van der Waals surface area contributed by atoms with Crippen LogP contribution in [0, 0.1) is 5.92 Å². The second-order valence-corrected chi connectivity index (χ2v) is 6.86. The molecular weight excluding hydrogens is 330 g/mol. The SMILES string of the molecule is COc1ccc2c(c1)CCC(CNC[C@H](O)COc1ccc(O)cc1)C2. The number of ether oxygens (including phenoxy) is 2. The lowest BCUT2D eigenvalue weighted by Crippen LogP contribution is -2.35. The van der Waals surface area contributed by atoms with Crippen molar-refractivity contribution >= 4 is 0 Å². The lowest BCUT2D eigenvalue weighted by atomic mass is 9.84. The standard InChI is InChI=1S/C21H27NO4/c1-25-21-7-4-16-10-15(2-3-17(16)11-21)12-22-13-19(24)14-26-20-8-5-18(23)6-9-20/h4-9,11,15,19,22-24H,2-3,10,12-14H2,1H3/t15?,19-/m0/s1. The molecule has 26 heavy (non-hydrogen) atoms. The number of rotatable bonds is 8. The van der Waals surface area contributed by atoms with Gasteiger partial charge in [0.1, 0.15) is 30.0 Å². The minimum atomic E-state index is -0.566. The van der Waals surface area contributed by atoms with E-state index in [1.807, 2.05) is 6.07 Å². The zero-order valence-electron chi connectivity index (χ0n) is 15.1. The fourth-order valence-corrected chi connectivity index (χ4v) is 3.36. The molecule has 5 nitrogen and oxygen atoms in total. The molecule has 3 rings (SSSR count). The number of aliphatic hydroxyl groups is 1. The summed E-state index contributed by atoms with van der Waals surface area (Å²) in [6.07, 6.45) is 2.72. The first-order valence-electron chi connectivity index (χ1n) is 9.10. The Balaban J connectivity index is 1.37. The van der Waals surface area contributed by atoms with Gasteiger partial charge in [-0.25, -0.2) is 0 Å². The number of hydrogen-bond donors (Lipinski definition) is 3. The number of phenols is 1. The molecule has 0 saturated carbocycles. The maximum absolute atomic E-state index is 10.1. The fraction of sp³-hybridized carbons (Fsp3) is 0.429. The van der Waals surface area contributed by atoms with Crippen LogP contribution in [0.3, 0.4) is 0 Å². The van der Waals surface area contributed by atoms with E-state index in [0.717, 1.165) is 31.6 Å². The van der Waals surface area contributed by atoms with Crippen LogP contribution in [0.1, 0.15) is 17.5 Å². The zero-order chi connectivity index (χ0) is 18.4. The van der Waals surface area contributed by atoms with E-state index in [4.69, 9.17) is 9.47 Å². The number of methoxy groups -OCH3 is 1. The predicted octanol–water partition coefficient (Wildman–Crippen LogP) is 2.54. The number of fused-ring (bicyclic) bond motifs is 1. The first kappa shape index (κ1) is 18.5. The van der Waals surface area contributed by atoms with Crippen LogP contribution in [0.25, 0.3) is 0 Å². The highest BCUT2D eigenvalue weighted by Crippen LogP contribution is 2.28. The highest BCUT2D eigenvalue weighted by molar-refractivity contribution is 5.37. The third-order valence-corrected chi connectivity index (χ3v) is 4.84. The van der Waals surface area contributed by atoms with E-state index in [1.54, 1.807) is 31.4 Å². The largest absolute Gasteiger partial charge is 0.508 e. The molecule has 2 aromatic carbocycles. The Morgan fingerprint density at radius 2 is 1.88 bits per heavy atom. The molecule has 1 unspecified atom stereocenters. The number of benzene rings is 2. The van der Waals surface area contributed by atoms with Crippen molar-refractivity contribution in [1.82, 2.24) is 5.32 Å². The quantitative estimate of drug-likeness (QED) is 0.677. The van der Waals surface area contributed by atoms with Crippen LogP contribution in [-0.4, -0.2) is 43.1 Å². The van der Waals surface area contributed by atoms with E-state index in [9.17, 15) is 10.2 Å². The summed E-state index contributed by atoms with van der Waals surface area (Å²) in [5.74, 6) is 2.35. The van der Waals surface area contributed by atoms with Gasteiger partial charge in [0.15, 0.2) is 0 Å². The van der Waals surface area contributed by atoms with Crippen molar-refractivity contribution in [3.05, 3.63) is 53.6 Å². The normalized spacial score (nSPS) is 17.4. The van der Waals surface area contributed by atoms with Crippen LogP contribution >= 0.6 is 0 Å². The summed E-state index contributed by atoms with van der Waals surface area (Å²) in [6, 6.07) is 12.8. The van der Waals surface area contributed by atoms with Crippen molar-refractivity contribution < 1.29 is 19.7 Å². The van der Waals surface area contributed by atoms with Gasteiger partial charge in [-0.2, -0.15) is 0 Å². The van der Waals surface area contributed by atoms with Crippen LogP contribution in [-0.2, 0) is 12.8 Å². The first-order valence-corrected chi connectivity index (χ1v) is 9.10. The molecule has 0 aliphatic heterocycles. The molecule has 0 radical (unpaired) electrons. The maximum atomic E-state index is 10.1. The lowest BCUT2D eigenvalue weighted by molar-refractivity contribution is 0.105. The minimum absolute atomic E-state index is 0.201. The second-order valence-electron chi connectivity index (χ2n) is 6.86. The van der Waals surface area contributed by atoms with Crippen molar-refractivity contribution in [1.29, 1.82) is 0 Å². The second kappa shape index (κ2) is 8.92. The van der Waals surface area contributed by atoms with Crippen molar-refractivity contribution in [2.45, 2.75) is 25.4 Å². The average molecular weight is 357 g/mol. The molecule has 0 spiro atoms. The molecule has 0 saturated heterocycles. The molecule has 3 N–H and O–H groups in total. The molecule has 5 heteroatoms. The fourth-order valence-electron chi connectivity index (χ4n) is 3.36. The van der Waals surface area contributed by atoms with Crippen molar-refractivity contribution in [3.8, 4) is 17.2 Å². The lowest BCUT2D eigenvalue weighted by Gasteiger charge is -2.25. The monoisotopic (exact) mass is 357 g/mol. The molecule has 0 fully saturated rings. The van der Waals surface area contributed by atoms with Crippen LogP contribution in [0.4, 0.5) is 0 Å². The van der Waals surface area contributed by atoms with Crippen LogP contribution in [0.5, 0.6) is 17.2 Å². The van der Waals surface area contributed by atoms with Crippen molar-refractivity contribution in [2.75, 3.05) is 26.8 Å². The first-order chi connectivity index (χ1) is 12.6. The van der Waals surface area contributed by atoms with Crippen molar-refractivity contribution in [2.24, 2.45) is 5.92 Å². The van der Waals surface area contributed by atoms with Gasteiger partial charge in [0.05, 0.1) is 7.11 Å². The topological polar surface area (TPSA) is 71.0 Å². The van der Waals surface area contributed by atoms with Gasteiger partial charge in [0.2, 0.25) is 0 Å². The number of aliphatic hydroxyl groups excluding tert-OH is 1. The third kappa shape index (κ3) is 5.13. The predicted molar refractivity (Wildman–Crippen MR) is 101 cm³/mol. The molecule has 2 aromatic rings. The van der Waals surface area contributed by atoms with Gasteiger partial charge in [-0.3, -0.25) is 0 Å². The Morgan fingerprint density at radius 1 is 1.12 bits per heavy atom. The Hall–Kier alpha value is -2.24. The molecular formula is C21H27NO4. The summed E-state index contributed by atoms with van der Waals surface area (Å²) in [6.45, 7) is 1.62. The van der Waals surface area contributed by atoms with E-state index in [-0.39, 0.29) is 12.4 Å². The Bertz CT molecular complexity index is 702. The highest BCUT2D eigenvalue weighted by atomic mass is 16.5. The van der Waals surface area contributed by atoms with E-state index in [1.165, 1.54) is 11.1 Å². The highest BCUT2D eigenvalue weighted by Gasteiger charge is 2.19. The molecule has 2 atom stereocenters. The average Bonchev–Trinajstić information content (AvgIpc) is 2.67. The number of aryl methyl sites for hydroxylation is 1. The molecule has 1 aliphatic carbocycles. The molecule has 0 aromatic heterocycles. The van der Waals surface area contributed by atoms with Gasteiger partial charge in [-0.15, -0.1) is 0 Å². The van der Waals surface area contributed by atoms with Crippen molar-refractivity contribution in [3.63, 3.8) is 0 Å². The molecule has 0 heterocycles. The van der Waals surface area contributed by atoms with Crippen LogP contribution < -0.4 is 14.8 Å². The summed E-state index contributed by atoms with van der Waals surface area (Å²) in [4.78, 5) is 0. The number of hydrogen-bond acceptors (Lipinski definition) is 5. The summed E-state index contributed by atoms with van der Waals surface area (Å²) >= 11 is 0. The smallest absolute Gasteiger partial charge is 0.119 e. The van der Waals surface area contributed by atoms with Gasteiger partial charge < -0.3 is 25.0 Å². The molecule has 0 amide bonds. The van der Waals surface area contributed by atoms with Gasteiger partial charge in [-0.1, -0.05) is 6.07 Å². The van der Waals surface area contributed by atoms with E-state index in [2.05, 4.69) is 17.4 Å². The van der Waals surface area contributed by atoms with Gasteiger partial charge in [0, 0.05) is 6.54 Å². The molecule has 1 aliphatic rings.